The molecule has 2 aromatic heterocycles. The number of carboxylic acid groups (broad SMARTS) is 1. The number of thiazole rings is 2. The van der Waals surface area contributed by atoms with Crippen molar-refractivity contribution in [2.24, 2.45) is 5.73 Å². The molecular weight excluding hydrogens is 604 g/mol. The van der Waals surface area contributed by atoms with E-state index in [0.29, 0.717) is 22.3 Å². The van der Waals surface area contributed by atoms with Crippen molar-refractivity contribution in [2.75, 3.05) is 29.5 Å². The zero-order chi connectivity index (χ0) is 26.9. The molecule has 0 aromatic carbocycles. The molecule has 10 N–H and O–H groups in total. The highest BCUT2D eigenvalue weighted by molar-refractivity contribution is 8.07. The predicted octanol–water partition coefficient (Wildman–Crippen LogP) is 1.12. The highest BCUT2D eigenvalue weighted by Crippen LogP contribution is 2.47. The molecule has 2 aliphatic rings. The van der Waals surface area contributed by atoms with Gasteiger partial charge < -0.3 is 32.8 Å². The van der Waals surface area contributed by atoms with Gasteiger partial charge >= 0.3 is 5.97 Å². The summed E-state index contributed by atoms with van der Waals surface area (Å²) in [6.45, 7) is 0.522. The minimum absolute atomic E-state index is 0.0122. The van der Waals surface area contributed by atoms with Crippen LogP contribution < -0.4 is 28.0 Å². The molecule has 0 radical (unpaired) electrons. The van der Waals surface area contributed by atoms with Gasteiger partial charge in [-0.1, -0.05) is 46.0 Å². The minimum atomic E-state index is -1.37. The number of hydrogen-bond donors (Lipinski definition) is 7. The van der Waals surface area contributed by atoms with Gasteiger partial charge in [-0.15, -0.1) is 11.8 Å². The number of rotatable bonds is 11. The molecular formula is C18H21ClN8O5S5. The number of nitrogens with two attached hydrogens (primary N) is 3. The van der Waals surface area contributed by atoms with Crippen LogP contribution in [0.25, 0.3) is 0 Å². The smallest absolute Gasteiger partial charge is 0.353 e. The highest BCUT2D eigenvalue weighted by Gasteiger charge is 2.55. The Labute approximate surface area is 235 Å². The number of amides is 2. The Kier molecular flexibility index (Phi) is 9.13. The molecule has 0 unspecified atom stereocenters. The molecule has 0 saturated carbocycles. The lowest BCUT2D eigenvalue weighted by Crippen LogP contribution is -2.71. The van der Waals surface area contributed by atoms with Crippen molar-refractivity contribution >= 4 is 97.6 Å². The Balaban J connectivity index is 1.51. The van der Waals surface area contributed by atoms with Crippen LogP contribution in [0.3, 0.4) is 0 Å². The molecule has 0 bridgehead atoms. The van der Waals surface area contributed by atoms with Crippen LogP contribution in [0.1, 0.15) is 17.4 Å². The molecule has 13 nitrogen and oxygen atoms in total. The number of halogens is 1. The van der Waals surface area contributed by atoms with Crippen LogP contribution in [0, 0.1) is 0 Å². The van der Waals surface area contributed by atoms with Crippen LogP contribution in [0.2, 0.25) is 4.34 Å². The SMILES string of the molecule is NCCSCc1nc(N)sc1SC1=C(C(=O)O)N2C(=O)[C@@H](NC(=O)[C@H](NO)c3nc(N)sc3Cl)[C@H]2SC1. The van der Waals surface area contributed by atoms with Gasteiger partial charge in [0.1, 0.15) is 27.1 Å². The van der Waals surface area contributed by atoms with Crippen LogP contribution >= 0.6 is 69.6 Å². The van der Waals surface area contributed by atoms with E-state index in [1.807, 2.05) is 5.48 Å². The van der Waals surface area contributed by atoms with Crippen LogP contribution in [0.4, 0.5) is 10.3 Å². The number of aromatic nitrogens is 2. The third kappa shape index (κ3) is 5.81. The van der Waals surface area contributed by atoms with Gasteiger partial charge in [-0.25, -0.2) is 14.8 Å². The van der Waals surface area contributed by atoms with Crippen LogP contribution in [0.5, 0.6) is 0 Å². The third-order valence-electron chi connectivity index (χ3n) is 5.12. The van der Waals surface area contributed by atoms with E-state index >= 15 is 0 Å². The Morgan fingerprint density at radius 2 is 2.00 bits per heavy atom. The van der Waals surface area contributed by atoms with Gasteiger partial charge in [0.25, 0.3) is 5.91 Å². The van der Waals surface area contributed by atoms with Gasteiger partial charge in [-0.2, -0.15) is 17.2 Å². The van der Waals surface area contributed by atoms with Crippen molar-refractivity contribution in [3.8, 4) is 0 Å². The average Bonchev–Trinajstić information content (AvgIpc) is 3.37. The molecule has 1 fully saturated rings. The lowest BCUT2D eigenvalue weighted by molar-refractivity contribution is -0.151. The number of fused-ring (bicyclic) bond motifs is 1. The first-order valence-corrected chi connectivity index (χ1v) is 15.4. The maximum Gasteiger partial charge on any atom is 0.353 e. The lowest BCUT2D eigenvalue weighted by Gasteiger charge is -2.49. The monoisotopic (exact) mass is 624 g/mol. The van der Waals surface area contributed by atoms with Crippen LogP contribution in [-0.2, 0) is 20.1 Å². The van der Waals surface area contributed by atoms with Crippen molar-refractivity contribution in [1.82, 2.24) is 25.7 Å². The Morgan fingerprint density at radius 3 is 2.62 bits per heavy atom. The van der Waals surface area contributed by atoms with E-state index in [-0.39, 0.29) is 26.6 Å². The fraction of sp³-hybridized carbons (Fsp3) is 0.389. The first-order valence-electron chi connectivity index (χ1n) is 10.4. The Hall–Kier alpha value is -1.77. The predicted molar refractivity (Wildman–Crippen MR) is 146 cm³/mol. The van der Waals surface area contributed by atoms with Crippen LogP contribution in [-0.4, -0.2) is 72.4 Å². The highest BCUT2D eigenvalue weighted by atomic mass is 35.5. The van der Waals surface area contributed by atoms with E-state index in [0.717, 1.165) is 31.9 Å². The molecule has 2 amide bonds. The quantitative estimate of drug-likeness (QED) is 0.106. The minimum Gasteiger partial charge on any atom is -0.477 e. The van der Waals surface area contributed by atoms with Gasteiger partial charge in [0.15, 0.2) is 16.3 Å². The second-order valence-electron chi connectivity index (χ2n) is 7.48. The number of hydrogen-bond acceptors (Lipinski definition) is 15. The number of nitrogens with zero attached hydrogens (tertiary/aromatic N) is 3. The van der Waals surface area contributed by atoms with Crippen LogP contribution in [0.15, 0.2) is 14.8 Å². The van der Waals surface area contributed by atoms with E-state index in [4.69, 9.17) is 28.8 Å². The third-order valence-corrected chi connectivity index (χ3v) is 10.9. The number of nitrogens with one attached hydrogen (secondary N) is 2. The van der Waals surface area contributed by atoms with E-state index < -0.39 is 35.2 Å². The first kappa shape index (κ1) is 28.2. The summed E-state index contributed by atoms with van der Waals surface area (Å²) in [6, 6.07) is -2.38. The molecule has 2 aliphatic heterocycles. The topological polar surface area (TPSA) is 223 Å². The zero-order valence-corrected chi connectivity index (χ0v) is 23.5. The number of hydroxylamine groups is 1. The number of thioether (sulfide) groups is 3. The van der Waals surface area contributed by atoms with E-state index in [9.17, 15) is 24.7 Å². The van der Waals surface area contributed by atoms with Gasteiger partial charge in [0.05, 0.1) is 9.90 Å². The number of nitrogen functional groups attached to an aromatic ring is 2. The number of carboxylic acids is 1. The molecule has 2 aromatic rings. The fourth-order valence-corrected chi connectivity index (χ4v) is 9.11. The van der Waals surface area contributed by atoms with Gasteiger partial charge in [-0.3, -0.25) is 14.5 Å². The first-order chi connectivity index (χ1) is 17.7. The van der Waals surface area contributed by atoms with E-state index in [2.05, 4.69) is 15.3 Å². The summed E-state index contributed by atoms with van der Waals surface area (Å²) in [5.74, 6) is -1.02. The van der Waals surface area contributed by atoms with E-state index in [1.54, 1.807) is 11.8 Å². The second kappa shape index (κ2) is 12.0. The maximum absolute atomic E-state index is 13.0. The Morgan fingerprint density at radius 1 is 1.27 bits per heavy atom. The van der Waals surface area contributed by atoms with Gasteiger partial charge in [0.2, 0.25) is 5.91 Å². The summed E-state index contributed by atoms with van der Waals surface area (Å²) in [5, 5.41) is 21.8. The number of anilines is 2. The summed E-state index contributed by atoms with van der Waals surface area (Å²) in [6.07, 6.45) is 0. The average molecular weight is 625 g/mol. The molecule has 19 heteroatoms. The van der Waals surface area contributed by atoms with E-state index in [1.165, 1.54) is 34.9 Å². The number of aliphatic carboxylic acids is 1. The molecule has 4 heterocycles. The second-order valence-corrected chi connectivity index (χ2v) is 13.7. The molecule has 4 rings (SSSR count). The Bertz CT molecular complexity index is 1260. The lowest BCUT2D eigenvalue weighted by atomic mass is 10.0. The van der Waals surface area contributed by atoms with Gasteiger partial charge in [-0.05, 0) is 0 Å². The summed E-state index contributed by atoms with van der Waals surface area (Å²) < 4.78 is 0.860. The molecule has 1 saturated heterocycles. The standard InChI is InChI=1S/C18H21ClN8O5S5/c19-11-7(25-18(22)36-11)8(26-32)12(28)24-9-13(29)27-10(15(30)31)6(4-34-14(9)27)35-16-5(3-33-2-1-20)23-17(21)37-16/h8-9,14,26,32H,1-4,20H2,(H2,21,23)(H2,22,25)(H,24,28)(H,30,31)/t8-,9-,14-/m1/s1. The molecule has 3 atom stereocenters. The zero-order valence-electron chi connectivity index (χ0n) is 18.7. The molecule has 37 heavy (non-hydrogen) atoms. The van der Waals surface area contributed by atoms with Crippen molar-refractivity contribution in [1.29, 1.82) is 0 Å². The normalized spacial score (nSPS) is 20.0. The number of carbonyl (C=O) groups is 3. The largest absolute Gasteiger partial charge is 0.477 e. The summed E-state index contributed by atoms with van der Waals surface area (Å²) >= 11 is 12.3. The summed E-state index contributed by atoms with van der Waals surface area (Å²) in [4.78, 5) is 48.0. The van der Waals surface area contributed by atoms with Crippen molar-refractivity contribution in [3.63, 3.8) is 0 Å². The molecule has 0 spiro atoms. The summed E-state index contributed by atoms with van der Waals surface area (Å²) in [7, 11) is 0. The summed E-state index contributed by atoms with van der Waals surface area (Å²) in [5.41, 5.74) is 19.5. The maximum atomic E-state index is 13.0. The van der Waals surface area contributed by atoms with Crippen molar-refractivity contribution < 1.29 is 24.7 Å². The molecule has 0 aliphatic carbocycles. The van der Waals surface area contributed by atoms with Gasteiger partial charge in [0, 0.05) is 28.7 Å². The fourth-order valence-electron chi connectivity index (χ4n) is 3.55. The van der Waals surface area contributed by atoms with Crippen molar-refractivity contribution in [2.45, 2.75) is 27.4 Å². The number of β-lactam (4-membered cyclic amide) rings is 1. The number of carbonyl (C=O) groups excluding carboxylic acids is 2. The van der Waals surface area contributed by atoms with Crippen molar-refractivity contribution in [3.05, 3.63) is 26.3 Å². The molecule has 200 valence electrons.